The predicted molar refractivity (Wildman–Crippen MR) is 188 cm³/mol. The molecule has 0 aliphatic heterocycles. The van der Waals surface area contributed by atoms with Crippen LogP contribution in [0.2, 0.25) is 5.02 Å². The van der Waals surface area contributed by atoms with Crippen LogP contribution in [0.5, 0.6) is 0 Å². The molecule has 0 aromatic heterocycles. The van der Waals surface area contributed by atoms with Gasteiger partial charge in [0.05, 0.1) is 0 Å². The molecule has 5 aromatic carbocycles. The topological polar surface area (TPSA) is 87.3 Å². The van der Waals surface area contributed by atoms with Gasteiger partial charge in [-0.2, -0.15) is 0 Å². The van der Waals surface area contributed by atoms with Gasteiger partial charge in [-0.3, -0.25) is 14.4 Å². The van der Waals surface area contributed by atoms with Gasteiger partial charge in [0, 0.05) is 26.9 Å². The number of nitrogens with one attached hydrogen (secondary N) is 3. The van der Waals surface area contributed by atoms with Gasteiger partial charge in [-0.1, -0.05) is 102 Å². The quantitative estimate of drug-likeness (QED) is 0.105. The van der Waals surface area contributed by atoms with Gasteiger partial charge < -0.3 is 16.0 Å². The van der Waals surface area contributed by atoms with Crippen molar-refractivity contribution in [2.24, 2.45) is 0 Å². The maximum atomic E-state index is 13.7. The summed E-state index contributed by atoms with van der Waals surface area (Å²) in [6.07, 6.45) is 1.54. The summed E-state index contributed by atoms with van der Waals surface area (Å²) in [5, 5.41) is 8.60. The first-order valence-electron chi connectivity index (χ1n) is 14.6. The Balaban J connectivity index is 1.38. The molecule has 6 nitrogen and oxygen atoms in total. The molecule has 3 amide bonds. The Kier molecular flexibility index (Phi) is 10.7. The zero-order chi connectivity index (χ0) is 32.5. The third-order valence-corrected chi connectivity index (χ3v) is 8.65. The normalized spacial score (nSPS) is 11.8. The van der Waals surface area contributed by atoms with Crippen LogP contribution in [0.15, 0.2) is 138 Å². The highest BCUT2D eigenvalue weighted by Gasteiger charge is 2.23. The lowest BCUT2D eigenvalue weighted by Crippen LogP contribution is -2.30. The number of hydrogen-bond acceptors (Lipinski definition) is 4. The van der Waals surface area contributed by atoms with Crippen LogP contribution in [0.1, 0.15) is 37.9 Å². The molecule has 0 radical (unpaired) electrons. The van der Waals surface area contributed by atoms with Crippen molar-refractivity contribution in [2.45, 2.75) is 24.0 Å². The summed E-state index contributed by atoms with van der Waals surface area (Å²) in [6, 6.07) is 38.4. The van der Waals surface area contributed by atoms with Crippen molar-refractivity contribution in [1.82, 2.24) is 5.32 Å². The van der Waals surface area contributed by atoms with E-state index in [-0.39, 0.29) is 11.6 Å². The molecule has 46 heavy (non-hydrogen) atoms. The van der Waals surface area contributed by atoms with Gasteiger partial charge in [-0.15, -0.1) is 11.8 Å². The smallest absolute Gasteiger partial charge is 0.272 e. The standard InChI is InChI=1S/C38H32ClN3O3S/c1-25-20-21-33(26(2)22-25)41-38(45)35(27-12-5-3-6-13-27)46-31-18-11-17-30(24-31)40-37(44)34(23-29-16-9-10-19-32(29)39)42-36(43)28-14-7-4-8-15-28/h3-24,35H,1-2H3,(H,40,44)(H,41,45)(H,42,43)/b34-23+. The van der Waals surface area contributed by atoms with Crippen molar-refractivity contribution in [3.05, 3.63) is 166 Å². The van der Waals surface area contributed by atoms with Crippen molar-refractivity contribution in [3.8, 4) is 0 Å². The first-order valence-corrected chi connectivity index (χ1v) is 15.9. The largest absolute Gasteiger partial charge is 0.325 e. The molecule has 0 fully saturated rings. The summed E-state index contributed by atoms with van der Waals surface area (Å²) in [6.45, 7) is 3.98. The third-order valence-electron chi connectivity index (χ3n) is 7.06. The Hall–Kier alpha value is -5.11. The van der Waals surface area contributed by atoms with Crippen molar-refractivity contribution in [1.29, 1.82) is 0 Å². The van der Waals surface area contributed by atoms with Crippen LogP contribution in [-0.4, -0.2) is 17.7 Å². The fourth-order valence-electron chi connectivity index (χ4n) is 4.72. The predicted octanol–water partition coefficient (Wildman–Crippen LogP) is 8.84. The first-order chi connectivity index (χ1) is 22.3. The lowest BCUT2D eigenvalue weighted by Gasteiger charge is -2.19. The molecule has 230 valence electrons. The van der Waals surface area contributed by atoms with Crippen LogP contribution in [0, 0.1) is 13.8 Å². The van der Waals surface area contributed by atoms with Crippen molar-refractivity contribution >= 4 is 58.5 Å². The molecular weight excluding hydrogens is 614 g/mol. The van der Waals surface area contributed by atoms with Crippen molar-refractivity contribution in [2.75, 3.05) is 10.6 Å². The van der Waals surface area contributed by atoms with Gasteiger partial charge in [0.15, 0.2) is 0 Å². The Bertz CT molecular complexity index is 1890. The molecule has 0 saturated heterocycles. The molecule has 0 spiro atoms. The number of benzene rings is 5. The van der Waals surface area contributed by atoms with E-state index in [2.05, 4.69) is 16.0 Å². The van der Waals surface area contributed by atoms with Crippen LogP contribution < -0.4 is 16.0 Å². The van der Waals surface area contributed by atoms with Crippen LogP contribution in [0.3, 0.4) is 0 Å². The number of thioether (sulfide) groups is 1. The number of halogens is 1. The van der Waals surface area contributed by atoms with E-state index in [0.717, 1.165) is 27.3 Å². The highest BCUT2D eigenvalue weighted by atomic mass is 35.5. The Morgan fingerprint density at radius 2 is 1.43 bits per heavy atom. The van der Waals surface area contributed by atoms with E-state index in [1.165, 1.54) is 11.8 Å². The van der Waals surface area contributed by atoms with Crippen LogP contribution in [-0.2, 0) is 9.59 Å². The molecule has 0 heterocycles. The minimum atomic E-state index is -0.561. The number of hydrogen-bond donors (Lipinski definition) is 3. The van der Waals surface area contributed by atoms with E-state index in [4.69, 9.17) is 11.6 Å². The SMILES string of the molecule is Cc1ccc(NC(=O)C(Sc2cccc(NC(=O)/C(=C\c3ccccc3Cl)NC(=O)c3ccccc3)c2)c2ccccc2)c(C)c1. The Labute approximate surface area is 277 Å². The molecule has 0 aliphatic carbocycles. The van der Waals surface area contributed by atoms with E-state index in [1.807, 2.05) is 80.6 Å². The van der Waals surface area contributed by atoms with Gasteiger partial charge in [0.25, 0.3) is 11.8 Å². The number of rotatable bonds is 10. The highest BCUT2D eigenvalue weighted by Crippen LogP contribution is 2.37. The summed E-state index contributed by atoms with van der Waals surface area (Å²) < 4.78 is 0. The third kappa shape index (κ3) is 8.53. The number of anilines is 2. The number of carbonyl (C=O) groups is 3. The number of amides is 3. The fourth-order valence-corrected chi connectivity index (χ4v) is 6.00. The molecule has 3 N–H and O–H groups in total. The summed E-state index contributed by atoms with van der Waals surface area (Å²) in [7, 11) is 0. The lowest BCUT2D eigenvalue weighted by molar-refractivity contribution is -0.116. The summed E-state index contributed by atoms with van der Waals surface area (Å²) >= 11 is 7.75. The molecule has 1 unspecified atom stereocenters. The Morgan fingerprint density at radius 3 is 2.15 bits per heavy atom. The van der Waals surface area contributed by atoms with E-state index < -0.39 is 17.1 Å². The maximum Gasteiger partial charge on any atom is 0.272 e. The molecule has 1 atom stereocenters. The first kappa shape index (κ1) is 32.3. The van der Waals surface area contributed by atoms with E-state index in [1.54, 1.807) is 66.7 Å². The van der Waals surface area contributed by atoms with E-state index in [0.29, 0.717) is 21.8 Å². The molecular formula is C38H32ClN3O3S. The highest BCUT2D eigenvalue weighted by molar-refractivity contribution is 8.00. The second-order valence-electron chi connectivity index (χ2n) is 10.6. The van der Waals surface area contributed by atoms with Gasteiger partial charge in [0.2, 0.25) is 5.91 Å². The second-order valence-corrected chi connectivity index (χ2v) is 12.2. The van der Waals surface area contributed by atoms with Crippen LogP contribution >= 0.6 is 23.4 Å². The van der Waals surface area contributed by atoms with Gasteiger partial charge in [-0.25, -0.2) is 0 Å². The zero-order valence-electron chi connectivity index (χ0n) is 25.3. The average molecular weight is 646 g/mol. The molecule has 0 saturated carbocycles. The molecule has 5 rings (SSSR count). The monoisotopic (exact) mass is 645 g/mol. The minimum Gasteiger partial charge on any atom is -0.325 e. The Morgan fingerprint density at radius 1 is 0.739 bits per heavy atom. The van der Waals surface area contributed by atoms with Crippen LogP contribution in [0.25, 0.3) is 6.08 Å². The van der Waals surface area contributed by atoms with E-state index >= 15 is 0 Å². The summed E-state index contributed by atoms with van der Waals surface area (Å²) in [5.74, 6) is -1.12. The van der Waals surface area contributed by atoms with Gasteiger partial charge in [-0.05, 0) is 79.1 Å². The van der Waals surface area contributed by atoms with Crippen molar-refractivity contribution < 1.29 is 14.4 Å². The van der Waals surface area contributed by atoms with Crippen LogP contribution in [0.4, 0.5) is 11.4 Å². The number of carbonyl (C=O) groups excluding carboxylic acids is 3. The molecule has 5 aromatic rings. The number of aryl methyl sites for hydroxylation is 2. The molecule has 8 heteroatoms. The molecule has 0 bridgehead atoms. The maximum absolute atomic E-state index is 13.7. The minimum absolute atomic E-state index is 0.0232. The summed E-state index contributed by atoms with van der Waals surface area (Å²) in [5.41, 5.74) is 5.21. The van der Waals surface area contributed by atoms with E-state index in [9.17, 15) is 14.4 Å². The lowest BCUT2D eigenvalue weighted by atomic mass is 10.1. The fraction of sp³-hybridized carbons (Fsp3) is 0.0789. The van der Waals surface area contributed by atoms with Gasteiger partial charge in [0.1, 0.15) is 10.9 Å². The summed E-state index contributed by atoms with van der Waals surface area (Å²) in [4.78, 5) is 41.1. The zero-order valence-corrected chi connectivity index (χ0v) is 26.9. The molecule has 0 aliphatic rings. The average Bonchev–Trinajstić information content (AvgIpc) is 3.06. The second kappa shape index (κ2) is 15.3. The van der Waals surface area contributed by atoms with Gasteiger partial charge >= 0.3 is 0 Å². The van der Waals surface area contributed by atoms with Crippen molar-refractivity contribution in [3.63, 3.8) is 0 Å².